The number of carbonyl (C=O) groups is 2. The van der Waals surface area contributed by atoms with Gasteiger partial charge in [0.05, 0.1) is 0 Å². The first-order chi connectivity index (χ1) is 12.6. The quantitative estimate of drug-likeness (QED) is 0.837. The minimum absolute atomic E-state index is 0.0609. The van der Waals surface area contributed by atoms with Crippen LogP contribution in [0.25, 0.3) is 0 Å². The van der Waals surface area contributed by atoms with Gasteiger partial charge in [-0.1, -0.05) is 42.5 Å². The van der Waals surface area contributed by atoms with Gasteiger partial charge in [-0.2, -0.15) is 0 Å². The first-order valence-corrected chi connectivity index (χ1v) is 8.68. The first kappa shape index (κ1) is 17.9. The highest BCUT2D eigenvalue weighted by Gasteiger charge is 2.29. The molecule has 0 radical (unpaired) electrons. The van der Waals surface area contributed by atoms with Crippen LogP contribution in [0.15, 0.2) is 54.6 Å². The molecule has 0 aliphatic carbocycles. The van der Waals surface area contributed by atoms with E-state index in [1.165, 1.54) is 12.1 Å². The Hall–Kier alpha value is -2.89. The lowest BCUT2D eigenvalue weighted by molar-refractivity contribution is -0.128. The highest BCUT2D eigenvalue weighted by Crippen LogP contribution is 2.19. The second kappa shape index (κ2) is 8.47. The molecule has 1 atom stereocenters. The average Bonchev–Trinajstić information content (AvgIpc) is 3.00. The standard InChI is InChI=1S/C20H22FN3O2/c21-18-8-6-16(7-9-18)13-24-14-17(10-19(24)25)12-23-20(26)22-11-15-4-2-1-3-5-15/h1-9,17H,10-14H2,(H2,22,23,26)/t17-/m0/s1. The fourth-order valence-corrected chi connectivity index (χ4v) is 3.03. The van der Waals surface area contributed by atoms with Crippen LogP contribution in [0.1, 0.15) is 17.5 Å². The van der Waals surface area contributed by atoms with Crippen LogP contribution in [0.5, 0.6) is 0 Å². The molecule has 3 amide bonds. The molecule has 2 aromatic carbocycles. The number of hydrogen-bond acceptors (Lipinski definition) is 2. The predicted octanol–water partition coefficient (Wildman–Crippen LogP) is 2.67. The summed E-state index contributed by atoms with van der Waals surface area (Å²) in [5.41, 5.74) is 1.93. The number of urea groups is 1. The fourth-order valence-electron chi connectivity index (χ4n) is 3.03. The third-order valence-electron chi connectivity index (χ3n) is 4.43. The van der Waals surface area contributed by atoms with Crippen molar-refractivity contribution in [3.8, 4) is 0 Å². The number of carbonyl (C=O) groups excluding carboxylic acids is 2. The number of halogens is 1. The first-order valence-electron chi connectivity index (χ1n) is 8.68. The molecule has 0 bridgehead atoms. The number of rotatable bonds is 6. The van der Waals surface area contributed by atoms with Crippen LogP contribution in [0, 0.1) is 11.7 Å². The molecular weight excluding hydrogens is 333 g/mol. The van der Waals surface area contributed by atoms with Crippen molar-refractivity contribution in [1.82, 2.24) is 15.5 Å². The van der Waals surface area contributed by atoms with E-state index < -0.39 is 0 Å². The second-order valence-electron chi connectivity index (χ2n) is 6.52. The summed E-state index contributed by atoms with van der Waals surface area (Å²) >= 11 is 0. The van der Waals surface area contributed by atoms with E-state index in [4.69, 9.17) is 0 Å². The SMILES string of the molecule is O=C(NCc1ccccc1)NC[C@@H]1CC(=O)N(Cc2ccc(F)cc2)C1. The predicted molar refractivity (Wildman–Crippen MR) is 96.6 cm³/mol. The Kier molecular flexibility index (Phi) is 5.84. The lowest BCUT2D eigenvalue weighted by Gasteiger charge is -2.17. The van der Waals surface area contributed by atoms with E-state index in [2.05, 4.69) is 10.6 Å². The zero-order chi connectivity index (χ0) is 18.4. The van der Waals surface area contributed by atoms with Gasteiger partial charge in [-0.15, -0.1) is 0 Å². The molecular formula is C20H22FN3O2. The molecule has 0 aromatic heterocycles. The Balaban J connectivity index is 1.41. The van der Waals surface area contributed by atoms with Gasteiger partial charge in [-0.25, -0.2) is 9.18 Å². The van der Waals surface area contributed by atoms with Crippen molar-refractivity contribution >= 4 is 11.9 Å². The lowest BCUT2D eigenvalue weighted by Crippen LogP contribution is -2.38. The molecule has 1 heterocycles. The van der Waals surface area contributed by atoms with Crippen molar-refractivity contribution in [2.24, 2.45) is 5.92 Å². The minimum Gasteiger partial charge on any atom is -0.338 e. The van der Waals surface area contributed by atoms with Crippen LogP contribution in [0.2, 0.25) is 0 Å². The van der Waals surface area contributed by atoms with Crippen molar-refractivity contribution in [3.05, 3.63) is 71.5 Å². The lowest BCUT2D eigenvalue weighted by atomic mass is 10.1. The van der Waals surface area contributed by atoms with Crippen molar-refractivity contribution in [2.75, 3.05) is 13.1 Å². The van der Waals surface area contributed by atoms with Gasteiger partial charge in [-0.05, 0) is 23.3 Å². The summed E-state index contributed by atoms with van der Waals surface area (Å²) in [6.07, 6.45) is 0.417. The van der Waals surface area contributed by atoms with Gasteiger partial charge < -0.3 is 15.5 Å². The van der Waals surface area contributed by atoms with Gasteiger partial charge in [0.15, 0.2) is 0 Å². The zero-order valence-electron chi connectivity index (χ0n) is 14.5. The molecule has 1 aliphatic rings. The van der Waals surface area contributed by atoms with Gasteiger partial charge in [0, 0.05) is 38.5 Å². The van der Waals surface area contributed by atoms with Crippen molar-refractivity contribution in [2.45, 2.75) is 19.5 Å². The van der Waals surface area contributed by atoms with Gasteiger partial charge >= 0.3 is 6.03 Å². The normalized spacial score (nSPS) is 16.6. The van der Waals surface area contributed by atoms with Crippen molar-refractivity contribution in [1.29, 1.82) is 0 Å². The number of hydrogen-bond donors (Lipinski definition) is 2. The molecule has 136 valence electrons. The Morgan fingerprint density at radius 3 is 2.50 bits per heavy atom. The van der Waals surface area contributed by atoms with Crippen LogP contribution < -0.4 is 10.6 Å². The smallest absolute Gasteiger partial charge is 0.315 e. The van der Waals surface area contributed by atoms with Crippen molar-refractivity contribution in [3.63, 3.8) is 0 Å². The van der Waals surface area contributed by atoms with Gasteiger partial charge in [0.2, 0.25) is 5.91 Å². The van der Waals surface area contributed by atoms with E-state index >= 15 is 0 Å². The van der Waals surface area contributed by atoms with Crippen LogP contribution >= 0.6 is 0 Å². The Morgan fingerprint density at radius 1 is 1.04 bits per heavy atom. The van der Waals surface area contributed by atoms with Crippen LogP contribution in [-0.2, 0) is 17.9 Å². The molecule has 26 heavy (non-hydrogen) atoms. The highest BCUT2D eigenvalue weighted by molar-refractivity contribution is 5.79. The second-order valence-corrected chi connectivity index (χ2v) is 6.52. The molecule has 3 rings (SSSR count). The summed E-state index contributed by atoms with van der Waals surface area (Å²) in [5, 5.41) is 5.64. The van der Waals surface area contributed by atoms with Gasteiger partial charge in [0.25, 0.3) is 0 Å². The Bertz CT molecular complexity index is 749. The van der Waals surface area contributed by atoms with E-state index in [9.17, 15) is 14.0 Å². The van der Waals surface area contributed by atoms with E-state index in [0.29, 0.717) is 32.6 Å². The van der Waals surface area contributed by atoms with E-state index in [-0.39, 0.29) is 23.7 Å². The van der Waals surface area contributed by atoms with E-state index in [0.717, 1.165) is 11.1 Å². The van der Waals surface area contributed by atoms with E-state index in [1.807, 2.05) is 30.3 Å². The maximum Gasteiger partial charge on any atom is 0.315 e. The van der Waals surface area contributed by atoms with Crippen LogP contribution in [0.4, 0.5) is 9.18 Å². The summed E-state index contributed by atoms with van der Waals surface area (Å²) in [4.78, 5) is 25.8. The molecule has 6 heteroatoms. The number of amides is 3. The maximum atomic E-state index is 13.0. The summed E-state index contributed by atoms with van der Waals surface area (Å²) in [6.45, 7) is 1.98. The molecule has 1 fully saturated rings. The summed E-state index contributed by atoms with van der Waals surface area (Å²) in [5.74, 6) is -0.138. The molecule has 0 unspecified atom stereocenters. The maximum absolute atomic E-state index is 13.0. The van der Waals surface area contributed by atoms with Gasteiger partial charge in [0.1, 0.15) is 5.82 Å². The number of likely N-dealkylation sites (tertiary alicyclic amines) is 1. The molecule has 5 nitrogen and oxygen atoms in total. The summed E-state index contributed by atoms with van der Waals surface area (Å²) in [6, 6.07) is 15.6. The zero-order valence-corrected chi connectivity index (χ0v) is 14.5. The fraction of sp³-hybridized carbons (Fsp3) is 0.300. The highest BCUT2D eigenvalue weighted by atomic mass is 19.1. The molecule has 0 saturated carbocycles. The summed E-state index contributed by atoms with van der Waals surface area (Å²) in [7, 11) is 0. The van der Waals surface area contributed by atoms with Gasteiger partial charge in [-0.3, -0.25) is 4.79 Å². The van der Waals surface area contributed by atoms with E-state index in [1.54, 1.807) is 17.0 Å². The third kappa shape index (κ3) is 5.05. The van der Waals surface area contributed by atoms with Crippen LogP contribution in [0.3, 0.4) is 0 Å². The average molecular weight is 355 g/mol. The molecule has 2 aromatic rings. The largest absolute Gasteiger partial charge is 0.338 e. The number of benzene rings is 2. The third-order valence-corrected chi connectivity index (χ3v) is 4.43. The van der Waals surface area contributed by atoms with Crippen LogP contribution in [-0.4, -0.2) is 29.9 Å². The van der Waals surface area contributed by atoms with Crippen molar-refractivity contribution < 1.29 is 14.0 Å². The molecule has 1 saturated heterocycles. The monoisotopic (exact) mass is 355 g/mol. The minimum atomic E-state index is -0.287. The topological polar surface area (TPSA) is 61.4 Å². The molecule has 1 aliphatic heterocycles. The molecule has 0 spiro atoms. The number of nitrogens with zero attached hydrogens (tertiary/aromatic N) is 1. The Labute approximate surface area is 152 Å². The Morgan fingerprint density at radius 2 is 1.77 bits per heavy atom. The summed E-state index contributed by atoms with van der Waals surface area (Å²) < 4.78 is 13.0. The number of nitrogens with one attached hydrogen (secondary N) is 2. The molecule has 2 N–H and O–H groups in total.